The highest BCUT2D eigenvalue weighted by atomic mass is 28.4. The summed E-state index contributed by atoms with van der Waals surface area (Å²) in [7, 11) is -7.65. The molecule has 0 aromatic rings. The summed E-state index contributed by atoms with van der Waals surface area (Å²) in [5.74, 6) is 36.9. The molecule has 6 nitrogen and oxygen atoms in total. The van der Waals surface area contributed by atoms with Crippen LogP contribution in [-0.2, 0) is 26.6 Å². The summed E-state index contributed by atoms with van der Waals surface area (Å²) >= 11 is 0. The lowest BCUT2D eigenvalue weighted by atomic mass is 10.1. The molecule has 0 fully saturated rings. The average molecular weight is 667 g/mol. The molecule has 0 aliphatic heterocycles. The van der Waals surface area contributed by atoms with Crippen molar-refractivity contribution in [2.75, 3.05) is 0 Å². The third-order valence-electron chi connectivity index (χ3n) is 5.76. The summed E-state index contributed by atoms with van der Waals surface area (Å²) < 4.78 is 41.5. The SMILES string of the molecule is CC#CC(C)(C)O[Si](CC[Si](OC(C)(C)C#CC)(OC(C)(C)C#CC)OC(C)(C)C#CC)(OC(C)(C)C#CC)OC(C)(C)C#CC. The van der Waals surface area contributed by atoms with Gasteiger partial charge in [0, 0.05) is 12.1 Å². The van der Waals surface area contributed by atoms with Crippen LogP contribution in [0.15, 0.2) is 0 Å². The molecule has 8 heteroatoms. The highest BCUT2D eigenvalue weighted by Crippen LogP contribution is 2.39. The summed E-state index contributed by atoms with van der Waals surface area (Å²) in [6.07, 6.45) is 0. The Bertz CT molecular complexity index is 1140. The van der Waals surface area contributed by atoms with E-state index in [1.165, 1.54) is 0 Å². The number of hydrogen-bond donors (Lipinski definition) is 0. The van der Waals surface area contributed by atoms with Crippen molar-refractivity contribution in [3.05, 3.63) is 0 Å². The lowest BCUT2D eigenvalue weighted by molar-refractivity contribution is -0.0579. The Balaban J connectivity index is 7.89. The highest BCUT2D eigenvalue weighted by molar-refractivity contribution is 6.67. The molecule has 0 aliphatic rings. The van der Waals surface area contributed by atoms with E-state index >= 15 is 0 Å². The van der Waals surface area contributed by atoms with E-state index in [2.05, 4.69) is 71.0 Å². The molecule has 0 N–H and O–H groups in total. The standard InChI is InChI=1S/C38H58O6Si2/c1-19-25-33(7,8)39-45(40-34(9,10)26-20-2,41-35(11,12)27-21-3)31-32-46(42-36(13,14)28-22-4,43-37(15,16)29-23-5)44-38(17,18)30-24-6/h31-32H2,1-18H3. The van der Waals surface area contributed by atoms with Crippen molar-refractivity contribution in [2.45, 2.75) is 170 Å². The van der Waals surface area contributed by atoms with Crippen LogP contribution in [0.4, 0.5) is 0 Å². The highest BCUT2D eigenvalue weighted by Gasteiger charge is 2.58. The molecule has 254 valence electrons. The molecule has 0 aromatic heterocycles. The molecule has 0 rings (SSSR count). The van der Waals surface area contributed by atoms with E-state index in [9.17, 15) is 0 Å². The Morgan fingerprint density at radius 2 is 0.435 bits per heavy atom. The molecule has 0 spiro atoms. The van der Waals surface area contributed by atoms with Crippen LogP contribution in [0, 0.1) is 71.0 Å². The van der Waals surface area contributed by atoms with Crippen LogP contribution >= 0.6 is 0 Å². The van der Waals surface area contributed by atoms with Gasteiger partial charge in [-0.05, 0) is 125 Å². The molecule has 0 atom stereocenters. The molecule has 0 aliphatic carbocycles. The molecule has 0 unspecified atom stereocenters. The minimum absolute atomic E-state index is 0.221. The minimum Gasteiger partial charge on any atom is -0.357 e. The lowest BCUT2D eigenvalue weighted by Gasteiger charge is -2.45. The largest absolute Gasteiger partial charge is 0.504 e. The van der Waals surface area contributed by atoms with Crippen LogP contribution in [0.2, 0.25) is 12.1 Å². The van der Waals surface area contributed by atoms with E-state index in [1.807, 2.05) is 83.1 Å². The number of hydrogen-bond acceptors (Lipinski definition) is 6. The molecule has 0 bridgehead atoms. The van der Waals surface area contributed by atoms with Crippen molar-refractivity contribution in [1.82, 2.24) is 0 Å². The second kappa shape index (κ2) is 17.1. The van der Waals surface area contributed by atoms with Crippen LogP contribution < -0.4 is 0 Å². The summed E-state index contributed by atoms with van der Waals surface area (Å²) in [5, 5.41) is 0. The van der Waals surface area contributed by atoms with Crippen LogP contribution in [0.1, 0.15) is 125 Å². The van der Waals surface area contributed by atoms with Crippen LogP contribution in [0.3, 0.4) is 0 Å². The monoisotopic (exact) mass is 666 g/mol. The maximum absolute atomic E-state index is 6.92. The van der Waals surface area contributed by atoms with Gasteiger partial charge in [0.25, 0.3) is 0 Å². The molecule has 0 radical (unpaired) electrons. The smallest absolute Gasteiger partial charge is 0.357 e. The van der Waals surface area contributed by atoms with Gasteiger partial charge in [0.15, 0.2) is 0 Å². The Kier molecular flexibility index (Phi) is 16.2. The Morgan fingerprint density at radius 1 is 0.304 bits per heavy atom. The molecule has 0 heterocycles. The van der Waals surface area contributed by atoms with E-state index in [-0.39, 0.29) is 12.1 Å². The predicted molar refractivity (Wildman–Crippen MR) is 193 cm³/mol. The Hall–Kier alpha value is -2.45. The first-order chi connectivity index (χ1) is 20.8. The van der Waals surface area contributed by atoms with Crippen LogP contribution in [-0.4, -0.2) is 51.2 Å². The van der Waals surface area contributed by atoms with Gasteiger partial charge in [-0.25, -0.2) is 0 Å². The first kappa shape index (κ1) is 43.6. The fourth-order valence-corrected chi connectivity index (χ4v) is 13.3. The zero-order valence-corrected chi connectivity index (χ0v) is 33.9. The predicted octanol–water partition coefficient (Wildman–Crippen LogP) is 7.78. The first-order valence-electron chi connectivity index (χ1n) is 15.7. The van der Waals surface area contributed by atoms with Gasteiger partial charge in [0.2, 0.25) is 0 Å². The third-order valence-corrected chi connectivity index (χ3v) is 12.9. The van der Waals surface area contributed by atoms with E-state index in [4.69, 9.17) is 26.6 Å². The van der Waals surface area contributed by atoms with Gasteiger partial charge in [-0.3, -0.25) is 0 Å². The summed E-state index contributed by atoms with van der Waals surface area (Å²) in [5.41, 5.74) is -5.63. The van der Waals surface area contributed by atoms with Gasteiger partial charge in [-0.1, -0.05) is 35.5 Å². The molecular formula is C38H58O6Si2. The molecule has 0 saturated heterocycles. The van der Waals surface area contributed by atoms with E-state index in [0.717, 1.165) is 0 Å². The molecule has 0 amide bonds. The fourth-order valence-electron chi connectivity index (χ4n) is 5.03. The van der Waals surface area contributed by atoms with Crippen LogP contribution in [0.25, 0.3) is 0 Å². The topological polar surface area (TPSA) is 55.4 Å². The van der Waals surface area contributed by atoms with Gasteiger partial charge in [-0.15, -0.1) is 35.5 Å². The first-order valence-corrected chi connectivity index (χ1v) is 19.5. The number of rotatable bonds is 15. The summed E-state index contributed by atoms with van der Waals surface area (Å²) in [4.78, 5) is 0. The Labute approximate surface area is 284 Å². The van der Waals surface area contributed by atoms with Crippen molar-refractivity contribution in [2.24, 2.45) is 0 Å². The normalized spacial score (nSPS) is 12.7. The maximum atomic E-state index is 6.92. The quantitative estimate of drug-likeness (QED) is 0.132. The fraction of sp³-hybridized carbons (Fsp3) is 0.684. The average Bonchev–Trinajstić information content (AvgIpc) is 2.80. The molecular weight excluding hydrogens is 609 g/mol. The molecule has 0 saturated carbocycles. The zero-order chi connectivity index (χ0) is 36.1. The van der Waals surface area contributed by atoms with E-state index in [0.29, 0.717) is 0 Å². The molecule has 0 aromatic carbocycles. The zero-order valence-electron chi connectivity index (χ0n) is 31.9. The van der Waals surface area contributed by atoms with Crippen molar-refractivity contribution < 1.29 is 26.6 Å². The van der Waals surface area contributed by atoms with Crippen molar-refractivity contribution in [3.8, 4) is 71.0 Å². The molecule has 46 heavy (non-hydrogen) atoms. The minimum atomic E-state index is -3.83. The van der Waals surface area contributed by atoms with Crippen molar-refractivity contribution >= 4 is 17.6 Å². The van der Waals surface area contributed by atoms with E-state index < -0.39 is 51.2 Å². The summed E-state index contributed by atoms with van der Waals surface area (Å²) in [6.45, 7) is 33.3. The van der Waals surface area contributed by atoms with E-state index in [1.54, 1.807) is 41.5 Å². The lowest BCUT2D eigenvalue weighted by Crippen LogP contribution is -2.62. The van der Waals surface area contributed by atoms with Gasteiger partial charge in [0.1, 0.15) is 33.6 Å². The third kappa shape index (κ3) is 16.4. The van der Waals surface area contributed by atoms with Gasteiger partial charge in [-0.2, -0.15) is 0 Å². The van der Waals surface area contributed by atoms with Crippen LogP contribution in [0.5, 0.6) is 0 Å². The second-order valence-corrected chi connectivity index (χ2v) is 18.7. The van der Waals surface area contributed by atoms with Crippen molar-refractivity contribution in [1.29, 1.82) is 0 Å². The second-order valence-electron chi connectivity index (χ2n) is 13.8. The summed E-state index contributed by atoms with van der Waals surface area (Å²) in [6, 6.07) is 0.442. The maximum Gasteiger partial charge on any atom is 0.504 e. The van der Waals surface area contributed by atoms with Gasteiger partial charge < -0.3 is 26.6 Å². The Morgan fingerprint density at radius 3 is 0.543 bits per heavy atom. The van der Waals surface area contributed by atoms with Gasteiger partial charge in [0.05, 0.1) is 0 Å². The van der Waals surface area contributed by atoms with Gasteiger partial charge >= 0.3 is 17.6 Å². The van der Waals surface area contributed by atoms with Crippen molar-refractivity contribution in [3.63, 3.8) is 0 Å².